The molecule has 4 N–H and O–H groups in total. The van der Waals surface area contributed by atoms with Gasteiger partial charge in [0.25, 0.3) is 0 Å². The maximum Gasteiger partial charge on any atom is 0.0965 e. The summed E-state index contributed by atoms with van der Waals surface area (Å²) in [5.41, 5.74) is 3.93. The van der Waals surface area contributed by atoms with Crippen molar-refractivity contribution in [2.24, 2.45) is 10.9 Å². The average Bonchev–Trinajstić information content (AvgIpc) is 2.74. The molecule has 0 radical (unpaired) electrons. The molecule has 0 amide bonds. The lowest BCUT2D eigenvalue weighted by Crippen LogP contribution is -2.45. The summed E-state index contributed by atoms with van der Waals surface area (Å²) in [5, 5.41) is 19.1. The Kier molecular flexibility index (Phi) is 11.3. The summed E-state index contributed by atoms with van der Waals surface area (Å²) in [6.45, 7) is 20.8. The first-order valence-corrected chi connectivity index (χ1v) is 11.5. The van der Waals surface area contributed by atoms with Crippen LogP contribution in [0.3, 0.4) is 0 Å². The van der Waals surface area contributed by atoms with E-state index in [1.807, 2.05) is 19.3 Å². The zero-order chi connectivity index (χ0) is 22.7. The van der Waals surface area contributed by atoms with Crippen molar-refractivity contribution in [2.75, 3.05) is 13.1 Å². The molecule has 0 aromatic heterocycles. The van der Waals surface area contributed by atoms with Crippen LogP contribution in [0.1, 0.15) is 74.1 Å². The number of nitrogens with zero attached hydrogens (tertiary/aromatic N) is 1. The minimum atomic E-state index is 0.0889. The van der Waals surface area contributed by atoms with Gasteiger partial charge in [-0.05, 0) is 64.2 Å². The highest BCUT2D eigenvalue weighted by Crippen LogP contribution is 2.19. The summed E-state index contributed by atoms with van der Waals surface area (Å²) in [4.78, 5) is 4.50. The molecular weight excluding hydrogens is 370 g/mol. The third-order valence-electron chi connectivity index (χ3n) is 5.96. The second kappa shape index (κ2) is 12.9. The lowest BCUT2D eigenvalue weighted by atomic mass is 9.90. The largest absolute Gasteiger partial charge is 0.388 e. The van der Waals surface area contributed by atoms with Gasteiger partial charge in [-0.2, -0.15) is 0 Å². The molecule has 1 heterocycles. The number of aliphatic imine (C=N–C) groups is 1. The van der Waals surface area contributed by atoms with Crippen molar-refractivity contribution in [1.82, 2.24) is 16.0 Å². The van der Waals surface area contributed by atoms with Crippen LogP contribution in [0.5, 0.6) is 0 Å². The van der Waals surface area contributed by atoms with E-state index in [9.17, 15) is 0 Å². The minimum absolute atomic E-state index is 0.0889. The van der Waals surface area contributed by atoms with Crippen molar-refractivity contribution >= 4 is 11.9 Å². The first-order chi connectivity index (χ1) is 14.1. The van der Waals surface area contributed by atoms with Crippen molar-refractivity contribution in [3.63, 3.8) is 0 Å². The Morgan fingerprint density at radius 1 is 1.40 bits per heavy atom. The molecule has 2 unspecified atom stereocenters. The lowest BCUT2D eigenvalue weighted by Gasteiger charge is -2.31. The van der Waals surface area contributed by atoms with Gasteiger partial charge in [-0.25, -0.2) is 0 Å². The Bertz CT molecular complexity index is 652. The van der Waals surface area contributed by atoms with Gasteiger partial charge >= 0.3 is 0 Å². The molecule has 30 heavy (non-hydrogen) atoms. The minimum Gasteiger partial charge on any atom is -0.388 e. The fourth-order valence-electron chi connectivity index (χ4n) is 3.95. The monoisotopic (exact) mass is 415 g/mol. The van der Waals surface area contributed by atoms with Crippen LogP contribution in [0.4, 0.5) is 0 Å². The summed E-state index contributed by atoms with van der Waals surface area (Å²) < 4.78 is 0. The van der Waals surface area contributed by atoms with Gasteiger partial charge in [0, 0.05) is 48.7 Å². The molecule has 170 valence electrons. The summed E-state index contributed by atoms with van der Waals surface area (Å²) in [5.74, 6) is 0.248. The van der Waals surface area contributed by atoms with Crippen LogP contribution in [-0.4, -0.2) is 42.8 Å². The Balaban J connectivity index is 2.71. The fourth-order valence-corrected chi connectivity index (χ4v) is 3.95. The normalized spacial score (nSPS) is 23.8. The molecule has 5 nitrogen and oxygen atoms in total. The van der Waals surface area contributed by atoms with Crippen molar-refractivity contribution in [2.45, 2.75) is 91.9 Å². The van der Waals surface area contributed by atoms with Crippen molar-refractivity contribution < 1.29 is 0 Å². The van der Waals surface area contributed by atoms with E-state index in [-0.39, 0.29) is 23.7 Å². The third-order valence-corrected chi connectivity index (χ3v) is 5.96. The molecule has 0 aromatic rings. The number of hydrogen-bond acceptors (Lipinski definition) is 5. The van der Waals surface area contributed by atoms with E-state index < -0.39 is 0 Å². The maximum atomic E-state index is 8.49. The summed E-state index contributed by atoms with van der Waals surface area (Å²) in [6, 6.07) is 0.195. The Morgan fingerprint density at radius 3 is 2.63 bits per heavy atom. The Labute approximate surface area is 185 Å². The first kappa shape index (κ1) is 26.3. The highest BCUT2D eigenvalue weighted by Gasteiger charge is 2.22. The molecule has 5 heteroatoms. The van der Waals surface area contributed by atoms with Crippen LogP contribution in [-0.2, 0) is 0 Å². The summed E-state index contributed by atoms with van der Waals surface area (Å²) in [7, 11) is 0. The van der Waals surface area contributed by atoms with E-state index in [0.29, 0.717) is 12.3 Å². The van der Waals surface area contributed by atoms with Crippen molar-refractivity contribution in [3.05, 3.63) is 35.6 Å². The van der Waals surface area contributed by atoms with Crippen molar-refractivity contribution in [1.29, 1.82) is 5.41 Å². The second-order valence-corrected chi connectivity index (χ2v) is 9.11. The molecule has 0 aromatic carbocycles. The maximum absolute atomic E-state index is 8.49. The van der Waals surface area contributed by atoms with Crippen LogP contribution < -0.4 is 16.0 Å². The number of hydrogen-bond donors (Lipinski definition) is 4. The predicted octanol–water partition coefficient (Wildman–Crippen LogP) is 4.98. The Hall–Kier alpha value is -1.72. The van der Waals surface area contributed by atoms with Gasteiger partial charge in [0.1, 0.15) is 0 Å². The van der Waals surface area contributed by atoms with Crippen LogP contribution in [0, 0.1) is 11.3 Å². The van der Waals surface area contributed by atoms with Crippen molar-refractivity contribution in [3.8, 4) is 0 Å². The SMILES string of the molecule is C=C1/C=C(/C)C=N[C@H](C)NCC1C(C)NC=C(C)C(=N)CNC(C)(CCC)CCC. The highest BCUT2D eigenvalue weighted by molar-refractivity contribution is 5.98. The van der Waals surface area contributed by atoms with Gasteiger partial charge in [-0.15, -0.1) is 0 Å². The predicted molar refractivity (Wildman–Crippen MR) is 133 cm³/mol. The van der Waals surface area contributed by atoms with Gasteiger partial charge in [0.05, 0.1) is 6.17 Å². The van der Waals surface area contributed by atoms with E-state index in [4.69, 9.17) is 5.41 Å². The number of allylic oxidation sites excluding steroid dienone is 2. The summed E-state index contributed by atoms with van der Waals surface area (Å²) in [6.07, 6.45) is 10.7. The zero-order valence-electron chi connectivity index (χ0n) is 20.4. The quantitative estimate of drug-likeness (QED) is 0.360. The van der Waals surface area contributed by atoms with E-state index in [1.165, 1.54) is 0 Å². The molecule has 1 aliphatic heterocycles. The van der Waals surface area contributed by atoms with Crippen LogP contribution >= 0.6 is 0 Å². The average molecular weight is 416 g/mol. The molecule has 0 saturated carbocycles. The third kappa shape index (κ3) is 8.97. The molecular formula is C25H45N5. The Morgan fingerprint density at radius 2 is 2.03 bits per heavy atom. The van der Waals surface area contributed by atoms with Crippen LogP contribution in [0.2, 0.25) is 0 Å². The molecule has 0 spiro atoms. The van der Waals surface area contributed by atoms with Gasteiger partial charge in [-0.3, -0.25) is 10.3 Å². The zero-order valence-corrected chi connectivity index (χ0v) is 20.4. The van der Waals surface area contributed by atoms with Crippen LogP contribution in [0.15, 0.2) is 40.6 Å². The topological polar surface area (TPSA) is 72.3 Å². The van der Waals surface area contributed by atoms with E-state index >= 15 is 0 Å². The molecule has 0 aliphatic carbocycles. The van der Waals surface area contributed by atoms with Gasteiger partial charge in [0.15, 0.2) is 0 Å². The standard InChI is InChI=1S/C25H45N5/c1-9-11-25(8,12-10-2)30-17-24(26)20(5)15-27-21(6)23-16-29-22(7)28-14-18(3)13-19(23)4/h13-15,21-23,26-27,29-30H,4,9-12,16-17H2,1-3,5-8H3/b18-13-,20-15?,26-24?,28-14?/t21?,22-,23?/m0/s1. The van der Waals surface area contributed by atoms with E-state index in [0.717, 1.165) is 48.9 Å². The summed E-state index contributed by atoms with van der Waals surface area (Å²) >= 11 is 0. The van der Waals surface area contributed by atoms with Crippen LogP contribution in [0.25, 0.3) is 0 Å². The van der Waals surface area contributed by atoms with E-state index in [1.54, 1.807) is 0 Å². The fraction of sp³-hybridized carbons (Fsp3) is 0.680. The lowest BCUT2D eigenvalue weighted by molar-refractivity contribution is 0.317. The first-order valence-electron chi connectivity index (χ1n) is 11.5. The number of nitrogens with one attached hydrogen (secondary N) is 4. The molecule has 3 atom stereocenters. The molecule has 0 fully saturated rings. The second-order valence-electron chi connectivity index (χ2n) is 9.11. The molecule has 0 saturated heterocycles. The number of rotatable bonds is 11. The smallest absolute Gasteiger partial charge is 0.0965 e. The molecule has 1 aliphatic rings. The highest BCUT2D eigenvalue weighted by atomic mass is 15.1. The van der Waals surface area contributed by atoms with Gasteiger partial charge in [0.2, 0.25) is 0 Å². The van der Waals surface area contributed by atoms with E-state index in [2.05, 4.69) is 75.1 Å². The molecule has 1 rings (SSSR count). The van der Waals surface area contributed by atoms with Gasteiger partial charge in [-0.1, -0.05) is 39.3 Å². The molecule has 0 bridgehead atoms. The van der Waals surface area contributed by atoms with Gasteiger partial charge < -0.3 is 16.0 Å².